The molecule has 0 N–H and O–H groups in total. The summed E-state index contributed by atoms with van der Waals surface area (Å²) in [5, 5.41) is -0.00839. The molecule has 3 rings (SSSR count). The van der Waals surface area contributed by atoms with Gasteiger partial charge in [-0.25, -0.2) is 17.6 Å². The van der Waals surface area contributed by atoms with Crippen molar-refractivity contribution in [2.75, 3.05) is 19.7 Å². The van der Waals surface area contributed by atoms with E-state index in [0.29, 0.717) is 13.1 Å². The minimum absolute atomic E-state index is 0.00839. The number of ketones is 1. The number of carbonyl (C=O) groups excluding carboxylic acids is 2. The van der Waals surface area contributed by atoms with E-state index < -0.39 is 34.2 Å². The lowest BCUT2D eigenvalue weighted by Gasteiger charge is -2.26. The summed E-state index contributed by atoms with van der Waals surface area (Å²) in [6, 6.07) is 9.10. The monoisotopic (exact) mass is 439 g/mol. The highest BCUT2D eigenvalue weighted by atomic mass is 35.5. The predicted octanol–water partition coefficient (Wildman–Crippen LogP) is 3.69. The Hall–Kier alpha value is -2.29. The average molecular weight is 440 g/mol. The number of halogens is 2. The molecule has 0 unspecified atom stereocenters. The number of piperidine rings is 1. The first-order valence-electron chi connectivity index (χ1n) is 9.05. The van der Waals surface area contributed by atoms with Crippen molar-refractivity contribution in [2.24, 2.45) is 0 Å². The van der Waals surface area contributed by atoms with Gasteiger partial charge in [0.25, 0.3) is 0 Å². The zero-order valence-electron chi connectivity index (χ0n) is 15.4. The Bertz CT molecular complexity index is 1030. The van der Waals surface area contributed by atoms with Crippen molar-refractivity contribution < 1.29 is 27.1 Å². The maximum atomic E-state index is 13.7. The van der Waals surface area contributed by atoms with E-state index in [9.17, 15) is 22.4 Å². The molecule has 1 saturated heterocycles. The lowest BCUT2D eigenvalue weighted by molar-refractivity contribution is 0.0473. The minimum atomic E-state index is -3.76. The number of nitrogens with zero attached hydrogens (tertiary/aromatic N) is 1. The van der Waals surface area contributed by atoms with Crippen LogP contribution in [0.1, 0.15) is 40.0 Å². The van der Waals surface area contributed by atoms with E-state index in [0.717, 1.165) is 31.4 Å². The number of ether oxygens (including phenoxy) is 1. The predicted molar refractivity (Wildman–Crippen MR) is 105 cm³/mol. The highest BCUT2D eigenvalue weighted by Gasteiger charge is 2.27. The smallest absolute Gasteiger partial charge is 0.340 e. The van der Waals surface area contributed by atoms with Gasteiger partial charge in [-0.05, 0) is 43.2 Å². The second kappa shape index (κ2) is 9.02. The molecular formula is C20H19ClFNO5S. The van der Waals surface area contributed by atoms with Gasteiger partial charge in [-0.1, -0.05) is 30.2 Å². The van der Waals surface area contributed by atoms with Gasteiger partial charge >= 0.3 is 5.97 Å². The van der Waals surface area contributed by atoms with Gasteiger partial charge in [-0.2, -0.15) is 4.31 Å². The first kappa shape index (κ1) is 21.4. The van der Waals surface area contributed by atoms with Crippen LogP contribution >= 0.6 is 11.6 Å². The van der Waals surface area contributed by atoms with Crippen LogP contribution in [0, 0.1) is 5.82 Å². The van der Waals surface area contributed by atoms with Crippen molar-refractivity contribution >= 4 is 33.4 Å². The molecule has 29 heavy (non-hydrogen) atoms. The highest BCUT2D eigenvalue weighted by Crippen LogP contribution is 2.25. The van der Waals surface area contributed by atoms with E-state index in [1.54, 1.807) is 0 Å². The molecule has 0 atom stereocenters. The molecule has 0 saturated carbocycles. The number of rotatable bonds is 6. The van der Waals surface area contributed by atoms with Gasteiger partial charge < -0.3 is 4.74 Å². The maximum absolute atomic E-state index is 13.7. The number of benzene rings is 2. The lowest BCUT2D eigenvalue weighted by atomic mass is 10.1. The van der Waals surface area contributed by atoms with E-state index in [4.69, 9.17) is 16.3 Å². The Morgan fingerprint density at radius 2 is 1.72 bits per heavy atom. The Morgan fingerprint density at radius 3 is 2.41 bits per heavy atom. The molecule has 2 aromatic rings. The Labute approximate surface area is 173 Å². The lowest BCUT2D eigenvalue weighted by Crippen LogP contribution is -2.35. The van der Waals surface area contributed by atoms with E-state index >= 15 is 0 Å². The third-order valence-electron chi connectivity index (χ3n) is 4.62. The van der Waals surface area contributed by atoms with Gasteiger partial charge in [-0.15, -0.1) is 0 Å². The largest absolute Gasteiger partial charge is 0.454 e. The summed E-state index contributed by atoms with van der Waals surface area (Å²) < 4.78 is 45.6. The fraction of sp³-hybridized carbons (Fsp3) is 0.300. The van der Waals surface area contributed by atoms with Gasteiger partial charge in [0.15, 0.2) is 6.61 Å². The van der Waals surface area contributed by atoms with Crippen LogP contribution in [0.3, 0.4) is 0 Å². The van der Waals surface area contributed by atoms with E-state index in [2.05, 4.69) is 0 Å². The molecule has 2 aromatic carbocycles. The molecule has 0 amide bonds. The summed E-state index contributed by atoms with van der Waals surface area (Å²) in [6.07, 6.45) is 2.53. The SMILES string of the molecule is O=C(COC(=O)c1cc(S(=O)(=O)N2CCCCC2)ccc1Cl)c1ccccc1F. The summed E-state index contributed by atoms with van der Waals surface area (Å²) >= 11 is 6.03. The van der Waals surface area contributed by atoms with Crippen molar-refractivity contribution in [1.82, 2.24) is 4.31 Å². The normalized spacial score (nSPS) is 15.1. The number of carbonyl (C=O) groups is 2. The van der Waals surface area contributed by atoms with Crippen LogP contribution in [0.25, 0.3) is 0 Å². The Kier molecular flexibility index (Phi) is 6.66. The maximum Gasteiger partial charge on any atom is 0.340 e. The number of Topliss-reactive ketones (excluding diaryl/α,β-unsaturated/α-hetero) is 1. The summed E-state index contributed by atoms with van der Waals surface area (Å²) in [6.45, 7) is 0.142. The first-order chi connectivity index (χ1) is 13.8. The standard InChI is InChI=1S/C20H19ClFNO5S/c21-17-9-8-14(29(26,27)23-10-4-1-5-11-23)12-16(17)20(25)28-13-19(24)15-6-2-3-7-18(15)22/h2-3,6-9,12H,1,4-5,10-11,13H2. The number of hydrogen-bond donors (Lipinski definition) is 0. The zero-order chi connectivity index (χ0) is 21.0. The van der Waals surface area contributed by atoms with Gasteiger partial charge in [0.2, 0.25) is 15.8 Å². The van der Waals surface area contributed by atoms with Crippen LogP contribution in [-0.2, 0) is 14.8 Å². The third kappa shape index (κ3) is 4.83. The van der Waals surface area contributed by atoms with Gasteiger partial charge in [0.05, 0.1) is 21.0 Å². The Balaban J connectivity index is 1.76. The quantitative estimate of drug-likeness (QED) is 0.506. The Morgan fingerprint density at radius 1 is 1.03 bits per heavy atom. The third-order valence-corrected chi connectivity index (χ3v) is 6.84. The van der Waals surface area contributed by atoms with Crippen molar-refractivity contribution in [2.45, 2.75) is 24.2 Å². The molecule has 6 nitrogen and oxygen atoms in total. The van der Waals surface area contributed by atoms with E-state index in [-0.39, 0.29) is 21.0 Å². The number of hydrogen-bond acceptors (Lipinski definition) is 5. The second-order valence-electron chi connectivity index (χ2n) is 6.59. The van der Waals surface area contributed by atoms with E-state index in [1.165, 1.54) is 34.6 Å². The first-order valence-corrected chi connectivity index (χ1v) is 10.9. The number of sulfonamides is 1. The summed E-state index contributed by atoms with van der Waals surface area (Å²) in [5.41, 5.74) is -0.376. The minimum Gasteiger partial charge on any atom is -0.454 e. The van der Waals surface area contributed by atoms with Crippen LogP contribution < -0.4 is 0 Å². The molecule has 1 aliphatic heterocycles. The van der Waals surface area contributed by atoms with Crippen molar-refractivity contribution in [1.29, 1.82) is 0 Å². The molecule has 0 spiro atoms. The van der Waals surface area contributed by atoms with E-state index in [1.807, 2.05) is 0 Å². The molecular weight excluding hydrogens is 421 g/mol. The van der Waals surface area contributed by atoms with Gasteiger partial charge in [0, 0.05) is 13.1 Å². The van der Waals surface area contributed by atoms with Crippen molar-refractivity contribution in [3.8, 4) is 0 Å². The molecule has 1 aliphatic rings. The van der Waals surface area contributed by atoms with Gasteiger partial charge in [-0.3, -0.25) is 4.79 Å². The molecule has 0 bridgehead atoms. The molecule has 0 radical (unpaired) electrons. The average Bonchev–Trinajstić information content (AvgIpc) is 2.73. The second-order valence-corrected chi connectivity index (χ2v) is 8.93. The number of esters is 1. The molecule has 0 aromatic heterocycles. The molecule has 154 valence electrons. The molecule has 1 fully saturated rings. The van der Waals surface area contributed by atoms with Crippen molar-refractivity contribution in [3.63, 3.8) is 0 Å². The van der Waals surface area contributed by atoms with Crippen LogP contribution in [0.2, 0.25) is 5.02 Å². The zero-order valence-corrected chi connectivity index (χ0v) is 17.0. The van der Waals surface area contributed by atoms with Gasteiger partial charge in [0.1, 0.15) is 5.82 Å². The van der Waals surface area contributed by atoms with Crippen molar-refractivity contribution in [3.05, 3.63) is 64.4 Å². The van der Waals surface area contributed by atoms with Crippen LogP contribution in [0.15, 0.2) is 47.4 Å². The molecule has 1 heterocycles. The van der Waals surface area contributed by atoms with Crippen LogP contribution in [-0.4, -0.2) is 44.2 Å². The van der Waals surface area contributed by atoms with Crippen LogP contribution in [0.4, 0.5) is 4.39 Å². The molecule has 9 heteroatoms. The summed E-state index contributed by atoms with van der Waals surface area (Å²) in [4.78, 5) is 24.4. The molecule has 0 aliphatic carbocycles. The fourth-order valence-corrected chi connectivity index (χ4v) is 4.79. The highest BCUT2D eigenvalue weighted by molar-refractivity contribution is 7.89. The fourth-order valence-electron chi connectivity index (χ4n) is 3.05. The summed E-state index contributed by atoms with van der Waals surface area (Å²) in [5.74, 6) is -2.40. The topological polar surface area (TPSA) is 80.8 Å². The van der Waals surface area contributed by atoms with Crippen LogP contribution in [0.5, 0.6) is 0 Å². The summed E-state index contributed by atoms with van der Waals surface area (Å²) in [7, 11) is -3.76.